The third-order valence-corrected chi connectivity index (χ3v) is 4.27. The molecule has 0 saturated carbocycles. The molecule has 0 bridgehead atoms. The minimum atomic E-state index is -0.0112. The number of carbonyl (C=O) groups is 1. The van der Waals surface area contributed by atoms with E-state index < -0.39 is 0 Å². The molecule has 2 N–H and O–H groups in total. The van der Waals surface area contributed by atoms with Gasteiger partial charge in [-0.25, -0.2) is 0 Å². The number of benzene rings is 2. The number of ketones is 1. The van der Waals surface area contributed by atoms with Gasteiger partial charge in [0.05, 0.1) is 0 Å². The monoisotopic (exact) mass is 345 g/mol. The number of carbonyl (C=O) groups excluding carboxylic acids is 1. The van der Waals surface area contributed by atoms with Crippen LogP contribution in [0.25, 0.3) is 0 Å². The van der Waals surface area contributed by atoms with E-state index in [0.29, 0.717) is 16.8 Å². The molecule has 3 nitrogen and oxygen atoms in total. The third kappa shape index (κ3) is 2.56. The fraction of sp³-hybridized carbons (Fsp3) is 0.235. The van der Waals surface area contributed by atoms with Gasteiger partial charge >= 0.3 is 0 Å². The Morgan fingerprint density at radius 1 is 1.33 bits per heavy atom. The lowest BCUT2D eigenvalue weighted by atomic mass is 9.96. The van der Waals surface area contributed by atoms with E-state index in [1.165, 1.54) is 0 Å². The van der Waals surface area contributed by atoms with Crippen LogP contribution < -0.4 is 10.5 Å². The lowest BCUT2D eigenvalue weighted by Gasteiger charge is -2.09. The highest BCUT2D eigenvalue weighted by Crippen LogP contribution is 2.31. The van der Waals surface area contributed by atoms with E-state index >= 15 is 0 Å². The van der Waals surface area contributed by atoms with Gasteiger partial charge in [0.15, 0.2) is 5.78 Å². The summed E-state index contributed by atoms with van der Waals surface area (Å²) < 4.78 is 6.48. The van der Waals surface area contributed by atoms with Crippen molar-refractivity contribution in [2.75, 3.05) is 5.73 Å². The fourth-order valence-electron chi connectivity index (χ4n) is 2.65. The lowest BCUT2D eigenvalue weighted by Crippen LogP contribution is -2.06. The molecule has 108 valence electrons. The second-order valence-electron chi connectivity index (χ2n) is 5.45. The van der Waals surface area contributed by atoms with Crippen molar-refractivity contribution in [1.29, 1.82) is 0 Å². The normalized spacial score (nSPS) is 16.4. The van der Waals surface area contributed by atoms with Crippen molar-refractivity contribution < 1.29 is 9.53 Å². The summed E-state index contributed by atoms with van der Waals surface area (Å²) in [6, 6.07) is 9.25. The average Bonchev–Trinajstić information content (AvgIpc) is 2.81. The minimum absolute atomic E-state index is 0.0112. The summed E-state index contributed by atoms with van der Waals surface area (Å²) in [7, 11) is 0. The fourth-order valence-corrected chi connectivity index (χ4v) is 3.13. The third-order valence-electron chi connectivity index (χ3n) is 3.82. The minimum Gasteiger partial charge on any atom is -0.490 e. The van der Waals surface area contributed by atoms with E-state index in [1.54, 1.807) is 0 Å². The van der Waals surface area contributed by atoms with Crippen molar-refractivity contribution in [3.63, 3.8) is 0 Å². The van der Waals surface area contributed by atoms with Crippen LogP contribution in [0.1, 0.15) is 34.0 Å². The van der Waals surface area contributed by atoms with Gasteiger partial charge in [-0.2, -0.15) is 0 Å². The van der Waals surface area contributed by atoms with Crippen molar-refractivity contribution in [3.05, 3.63) is 57.1 Å². The summed E-state index contributed by atoms with van der Waals surface area (Å²) in [5, 5.41) is 0. The number of rotatable bonds is 2. The quantitative estimate of drug-likeness (QED) is 0.663. The van der Waals surface area contributed by atoms with Gasteiger partial charge in [0, 0.05) is 27.7 Å². The second-order valence-corrected chi connectivity index (χ2v) is 6.37. The van der Waals surface area contributed by atoms with Crippen molar-refractivity contribution in [2.45, 2.75) is 26.4 Å². The van der Waals surface area contributed by atoms with E-state index in [1.807, 2.05) is 44.2 Å². The van der Waals surface area contributed by atoms with E-state index in [0.717, 1.165) is 27.8 Å². The summed E-state index contributed by atoms with van der Waals surface area (Å²) in [5.41, 5.74) is 9.77. The van der Waals surface area contributed by atoms with Crippen LogP contribution in [0.4, 0.5) is 5.69 Å². The Bertz CT molecular complexity index is 740. The summed E-state index contributed by atoms with van der Waals surface area (Å²) in [6.07, 6.45) is 1.02. The summed E-state index contributed by atoms with van der Waals surface area (Å²) in [6.45, 7) is 3.90. The zero-order valence-corrected chi connectivity index (χ0v) is 13.5. The summed E-state index contributed by atoms with van der Waals surface area (Å²) in [4.78, 5) is 12.7. The Morgan fingerprint density at radius 3 is 2.86 bits per heavy atom. The Hall–Kier alpha value is -1.81. The topological polar surface area (TPSA) is 52.3 Å². The molecule has 1 atom stereocenters. The van der Waals surface area contributed by atoms with Gasteiger partial charge in [0.1, 0.15) is 11.9 Å². The number of hydrogen-bond acceptors (Lipinski definition) is 3. The number of anilines is 1. The molecule has 0 amide bonds. The van der Waals surface area contributed by atoms with Crippen molar-refractivity contribution in [1.82, 2.24) is 0 Å². The molecule has 1 aliphatic rings. The molecular weight excluding hydrogens is 330 g/mol. The van der Waals surface area contributed by atoms with Crippen LogP contribution in [0.15, 0.2) is 34.8 Å². The van der Waals surface area contributed by atoms with Crippen LogP contribution in [0, 0.1) is 6.92 Å². The maximum absolute atomic E-state index is 12.7. The molecule has 0 saturated heterocycles. The van der Waals surface area contributed by atoms with Gasteiger partial charge in [-0.15, -0.1) is 0 Å². The van der Waals surface area contributed by atoms with Crippen LogP contribution >= 0.6 is 15.9 Å². The molecule has 21 heavy (non-hydrogen) atoms. The molecule has 0 spiro atoms. The Kier molecular flexibility index (Phi) is 3.49. The van der Waals surface area contributed by atoms with Crippen molar-refractivity contribution >= 4 is 27.4 Å². The second kappa shape index (κ2) is 5.19. The standard InChI is InChI=1S/C17H16BrNO2/c1-9-5-12-6-11(3-4-16(12)21-9)17(20)14-7-13(18)8-15(19)10(14)2/h3-4,6-9H,5,19H2,1-2H3. The Morgan fingerprint density at radius 2 is 2.10 bits per heavy atom. The molecule has 0 aliphatic carbocycles. The lowest BCUT2D eigenvalue weighted by molar-refractivity contribution is 0.103. The Balaban J connectivity index is 2.02. The number of hydrogen-bond donors (Lipinski definition) is 1. The molecule has 4 heteroatoms. The van der Waals surface area contributed by atoms with Gasteiger partial charge in [0.2, 0.25) is 0 Å². The van der Waals surface area contributed by atoms with Gasteiger partial charge in [-0.1, -0.05) is 15.9 Å². The maximum atomic E-state index is 12.7. The van der Waals surface area contributed by atoms with E-state index in [4.69, 9.17) is 10.5 Å². The molecule has 2 aromatic carbocycles. The van der Waals surface area contributed by atoms with E-state index in [2.05, 4.69) is 15.9 Å². The highest BCUT2D eigenvalue weighted by atomic mass is 79.9. The zero-order chi connectivity index (χ0) is 15.1. The largest absolute Gasteiger partial charge is 0.490 e. The van der Waals surface area contributed by atoms with E-state index in [9.17, 15) is 4.79 Å². The Labute approximate surface area is 132 Å². The average molecular weight is 346 g/mol. The van der Waals surface area contributed by atoms with Gasteiger partial charge in [-0.3, -0.25) is 4.79 Å². The summed E-state index contributed by atoms with van der Waals surface area (Å²) in [5.74, 6) is 0.868. The number of ether oxygens (including phenoxy) is 1. The molecule has 2 aromatic rings. The van der Waals surface area contributed by atoms with Crippen molar-refractivity contribution in [3.8, 4) is 5.75 Å². The predicted octanol–water partition coefficient (Wildman–Crippen LogP) is 3.89. The van der Waals surface area contributed by atoms with Gasteiger partial charge in [0.25, 0.3) is 0 Å². The molecular formula is C17H16BrNO2. The van der Waals surface area contributed by atoms with E-state index in [-0.39, 0.29) is 11.9 Å². The molecule has 1 unspecified atom stereocenters. The van der Waals surface area contributed by atoms with Crippen LogP contribution in [-0.4, -0.2) is 11.9 Å². The van der Waals surface area contributed by atoms with Crippen LogP contribution in [-0.2, 0) is 6.42 Å². The number of halogens is 1. The SMILES string of the molecule is Cc1c(N)cc(Br)cc1C(=O)c1ccc2c(c1)CC(C)O2. The predicted molar refractivity (Wildman–Crippen MR) is 87.0 cm³/mol. The van der Waals surface area contributed by atoms with Crippen LogP contribution in [0.5, 0.6) is 5.75 Å². The molecule has 0 fully saturated rings. The first-order chi connectivity index (χ1) is 9.95. The first-order valence-corrected chi connectivity index (χ1v) is 7.65. The smallest absolute Gasteiger partial charge is 0.193 e. The van der Waals surface area contributed by atoms with Crippen molar-refractivity contribution in [2.24, 2.45) is 0 Å². The molecule has 1 heterocycles. The summed E-state index contributed by atoms with van der Waals surface area (Å²) >= 11 is 3.39. The molecule has 0 radical (unpaired) electrons. The molecule has 1 aliphatic heterocycles. The zero-order valence-electron chi connectivity index (χ0n) is 11.9. The highest BCUT2D eigenvalue weighted by molar-refractivity contribution is 9.10. The number of nitrogen functional groups attached to an aromatic ring is 1. The maximum Gasteiger partial charge on any atom is 0.193 e. The highest BCUT2D eigenvalue weighted by Gasteiger charge is 2.21. The molecule has 3 rings (SSSR count). The first-order valence-electron chi connectivity index (χ1n) is 6.85. The number of nitrogens with two attached hydrogens (primary N) is 1. The van der Waals surface area contributed by atoms with Gasteiger partial charge < -0.3 is 10.5 Å². The first kappa shape index (κ1) is 14.1. The molecule has 0 aromatic heterocycles. The number of fused-ring (bicyclic) bond motifs is 1. The van der Waals surface area contributed by atoms with Crippen LogP contribution in [0.2, 0.25) is 0 Å². The van der Waals surface area contributed by atoms with Gasteiger partial charge in [-0.05, 0) is 55.3 Å². The van der Waals surface area contributed by atoms with Crippen LogP contribution in [0.3, 0.4) is 0 Å².